The largest absolute Gasteiger partial charge is 0.475 e. The van der Waals surface area contributed by atoms with Gasteiger partial charge in [-0.05, 0) is 53.2 Å². The molecule has 2 aromatic carbocycles. The number of amides is 1. The predicted molar refractivity (Wildman–Crippen MR) is 131 cm³/mol. The van der Waals surface area contributed by atoms with E-state index in [-0.39, 0.29) is 23.9 Å². The van der Waals surface area contributed by atoms with Crippen LogP contribution in [0.15, 0.2) is 90.8 Å². The second kappa shape index (κ2) is 10.6. The van der Waals surface area contributed by atoms with Crippen LogP contribution in [0.3, 0.4) is 0 Å². The van der Waals surface area contributed by atoms with Gasteiger partial charge in [-0.25, -0.2) is 4.79 Å². The van der Waals surface area contributed by atoms with E-state index in [0.717, 1.165) is 27.8 Å². The summed E-state index contributed by atoms with van der Waals surface area (Å²) in [6.07, 6.45) is 13.6. The fraction of sp³-hybridized carbons (Fsp3) is 0.179. The van der Waals surface area contributed by atoms with Gasteiger partial charge in [-0.1, -0.05) is 66.8 Å². The zero-order valence-corrected chi connectivity index (χ0v) is 18.7. The molecule has 0 bridgehead atoms. The van der Waals surface area contributed by atoms with E-state index < -0.39 is 11.8 Å². The molecule has 1 unspecified atom stereocenters. The molecule has 1 atom stereocenters. The van der Waals surface area contributed by atoms with E-state index in [1.54, 1.807) is 12.1 Å². The molecule has 6 heteroatoms. The molecule has 3 N–H and O–H groups in total. The molecule has 0 spiro atoms. The van der Waals surface area contributed by atoms with E-state index in [2.05, 4.69) is 16.7 Å². The Bertz CT molecular complexity index is 1220. The maximum atomic E-state index is 13.0. The Balaban J connectivity index is 1.49. The number of hydrogen-bond acceptors (Lipinski definition) is 4. The number of carboxylic acid groups (broad SMARTS) is 1. The van der Waals surface area contributed by atoms with Gasteiger partial charge in [-0.15, -0.1) is 0 Å². The minimum absolute atomic E-state index is 0.0915. The number of allylic oxidation sites excluding steroid dienone is 4. The van der Waals surface area contributed by atoms with E-state index in [1.807, 2.05) is 67.0 Å². The van der Waals surface area contributed by atoms with Crippen molar-refractivity contribution in [2.45, 2.75) is 31.7 Å². The first-order valence-corrected chi connectivity index (χ1v) is 11.3. The number of carbonyl (C=O) groups is 3. The molecular weight excluding hydrogens is 428 g/mol. The van der Waals surface area contributed by atoms with Crippen LogP contribution in [0.5, 0.6) is 0 Å². The second-order valence-electron chi connectivity index (χ2n) is 8.17. The third-order valence-corrected chi connectivity index (χ3v) is 5.98. The van der Waals surface area contributed by atoms with Crippen molar-refractivity contribution in [1.29, 1.82) is 0 Å². The summed E-state index contributed by atoms with van der Waals surface area (Å²) in [5.74, 6) is -2.44. The van der Waals surface area contributed by atoms with Crippen LogP contribution in [0.25, 0.3) is 5.57 Å². The number of carbonyl (C=O) groups excluding carboxylic acids is 2. The first-order valence-electron chi connectivity index (χ1n) is 11.3. The Morgan fingerprint density at radius 3 is 2.65 bits per heavy atom. The molecule has 0 radical (unpaired) electrons. The van der Waals surface area contributed by atoms with Crippen LogP contribution in [0.1, 0.15) is 52.4 Å². The van der Waals surface area contributed by atoms with Crippen molar-refractivity contribution in [1.82, 2.24) is 10.6 Å². The van der Waals surface area contributed by atoms with Gasteiger partial charge in [-0.3, -0.25) is 9.59 Å². The maximum Gasteiger partial charge on any atom is 0.377 e. The molecule has 0 aromatic heterocycles. The first kappa shape index (κ1) is 23.0. The molecule has 1 amide bonds. The van der Waals surface area contributed by atoms with Gasteiger partial charge in [0, 0.05) is 24.4 Å². The molecule has 34 heavy (non-hydrogen) atoms. The average molecular weight is 455 g/mol. The van der Waals surface area contributed by atoms with Gasteiger partial charge in [-0.2, -0.15) is 0 Å². The zero-order chi connectivity index (χ0) is 23.9. The summed E-state index contributed by atoms with van der Waals surface area (Å²) in [6.45, 7) is 0. The van der Waals surface area contributed by atoms with E-state index >= 15 is 0 Å². The third kappa shape index (κ3) is 5.23. The van der Waals surface area contributed by atoms with Gasteiger partial charge in [0.25, 0.3) is 5.78 Å². The van der Waals surface area contributed by atoms with Gasteiger partial charge >= 0.3 is 5.97 Å². The topological polar surface area (TPSA) is 95.5 Å². The van der Waals surface area contributed by atoms with Crippen molar-refractivity contribution >= 4 is 23.2 Å². The molecular formula is C28H26N2O4. The lowest BCUT2D eigenvalue weighted by Crippen LogP contribution is -2.29. The normalized spacial score (nSPS) is 15.2. The minimum Gasteiger partial charge on any atom is -0.475 e. The van der Waals surface area contributed by atoms with E-state index in [0.29, 0.717) is 19.3 Å². The van der Waals surface area contributed by atoms with Crippen molar-refractivity contribution in [3.63, 3.8) is 0 Å². The molecule has 1 aliphatic heterocycles. The van der Waals surface area contributed by atoms with Crippen molar-refractivity contribution in [2.75, 3.05) is 0 Å². The Kier molecular flexibility index (Phi) is 7.18. The zero-order valence-electron chi connectivity index (χ0n) is 18.7. The van der Waals surface area contributed by atoms with E-state index in [4.69, 9.17) is 5.11 Å². The number of nitrogens with one attached hydrogen (secondary N) is 2. The fourth-order valence-corrected chi connectivity index (χ4v) is 4.36. The van der Waals surface area contributed by atoms with Crippen molar-refractivity contribution < 1.29 is 19.5 Å². The van der Waals surface area contributed by atoms with Crippen molar-refractivity contribution in [3.8, 4) is 0 Å². The molecule has 2 aliphatic rings. The number of ketones is 1. The highest BCUT2D eigenvalue weighted by Crippen LogP contribution is 2.32. The number of fused-ring (bicyclic) bond motifs is 1. The van der Waals surface area contributed by atoms with Gasteiger partial charge in [0.15, 0.2) is 0 Å². The van der Waals surface area contributed by atoms with Crippen LogP contribution in [0.2, 0.25) is 0 Å². The summed E-state index contributed by atoms with van der Waals surface area (Å²) in [6, 6.07) is 14.7. The third-order valence-electron chi connectivity index (χ3n) is 5.98. The van der Waals surface area contributed by atoms with Gasteiger partial charge in [0.2, 0.25) is 5.91 Å². The van der Waals surface area contributed by atoms with Crippen LogP contribution in [-0.2, 0) is 16.0 Å². The first-order chi connectivity index (χ1) is 16.5. The highest BCUT2D eigenvalue weighted by molar-refractivity contribution is 6.40. The summed E-state index contributed by atoms with van der Waals surface area (Å²) >= 11 is 0. The molecule has 2 aromatic rings. The summed E-state index contributed by atoms with van der Waals surface area (Å²) < 4.78 is 0. The van der Waals surface area contributed by atoms with Crippen LogP contribution >= 0.6 is 0 Å². The molecule has 0 saturated carbocycles. The van der Waals surface area contributed by atoms with Crippen molar-refractivity contribution in [3.05, 3.63) is 113 Å². The fourth-order valence-electron chi connectivity index (χ4n) is 4.36. The summed E-state index contributed by atoms with van der Waals surface area (Å²) in [4.78, 5) is 36.4. The van der Waals surface area contributed by atoms with Crippen LogP contribution < -0.4 is 10.6 Å². The quantitative estimate of drug-likeness (QED) is 0.404. The van der Waals surface area contributed by atoms with Gasteiger partial charge < -0.3 is 15.7 Å². The Morgan fingerprint density at radius 2 is 1.85 bits per heavy atom. The molecule has 172 valence electrons. The minimum atomic E-state index is -1.46. The monoisotopic (exact) mass is 454 g/mol. The number of rotatable bonds is 8. The summed E-state index contributed by atoms with van der Waals surface area (Å²) in [5, 5.41) is 15.4. The predicted octanol–water partition coefficient (Wildman–Crippen LogP) is 4.48. The second-order valence-corrected chi connectivity index (χ2v) is 8.17. The SMILES string of the molecule is O=C(CCC1=CCCc2c(C(=O)C(=O)O)cccc21)NC(C1=CNC=CC=C1)c1ccccc1. The van der Waals surface area contributed by atoms with Crippen LogP contribution in [0, 0.1) is 0 Å². The van der Waals surface area contributed by atoms with E-state index in [9.17, 15) is 14.4 Å². The highest BCUT2D eigenvalue weighted by atomic mass is 16.4. The van der Waals surface area contributed by atoms with Gasteiger partial charge in [0.05, 0.1) is 6.04 Å². The number of aliphatic carboxylic acids is 1. The molecule has 0 fully saturated rings. The molecule has 0 saturated heterocycles. The highest BCUT2D eigenvalue weighted by Gasteiger charge is 2.24. The van der Waals surface area contributed by atoms with Gasteiger partial charge in [0.1, 0.15) is 0 Å². The lowest BCUT2D eigenvalue weighted by molar-refractivity contribution is -0.131. The number of carboxylic acids is 1. The smallest absolute Gasteiger partial charge is 0.377 e. The number of benzene rings is 2. The molecule has 4 rings (SSSR count). The number of Topliss-reactive ketones (excluding diaryl/α,β-unsaturated/α-hetero) is 1. The summed E-state index contributed by atoms with van der Waals surface area (Å²) in [5.41, 5.74) is 4.72. The Hall–Kier alpha value is -4.19. The van der Waals surface area contributed by atoms with E-state index in [1.165, 1.54) is 0 Å². The average Bonchev–Trinajstić information content (AvgIpc) is 3.15. The summed E-state index contributed by atoms with van der Waals surface area (Å²) in [7, 11) is 0. The molecule has 1 heterocycles. The van der Waals surface area contributed by atoms with Crippen molar-refractivity contribution in [2.24, 2.45) is 0 Å². The Labute approximate surface area is 198 Å². The molecule has 6 nitrogen and oxygen atoms in total. The van der Waals surface area contributed by atoms with Crippen LogP contribution in [-0.4, -0.2) is 22.8 Å². The van der Waals surface area contributed by atoms with Crippen LogP contribution in [0.4, 0.5) is 0 Å². The lowest BCUT2D eigenvalue weighted by atomic mass is 9.84. The standard InChI is InChI=1S/C28H26N2O4/c31-25(30-26(20-8-2-1-3-9-20)21-10-4-5-17-29-18-21)16-15-19-11-6-13-23-22(19)12-7-14-24(23)27(32)28(33)34/h1-5,7-12,14,17-18,26,29H,6,13,15-16H2,(H,30,31)(H,33,34). The maximum absolute atomic E-state index is 13.0. The lowest BCUT2D eigenvalue weighted by Gasteiger charge is -2.22. The Morgan fingerprint density at radius 1 is 1.03 bits per heavy atom. The molecule has 1 aliphatic carbocycles. The number of hydrogen-bond donors (Lipinski definition) is 3.